The van der Waals surface area contributed by atoms with Crippen molar-refractivity contribution in [3.63, 3.8) is 0 Å². The van der Waals surface area contributed by atoms with Gasteiger partial charge in [-0.05, 0) is 37.5 Å². The van der Waals surface area contributed by atoms with Crippen LogP contribution in [0.4, 0.5) is 5.82 Å². The topological polar surface area (TPSA) is 92.1 Å². The zero-order valence-electron chi connectivity index (χ0n) is 16.6. The number of thioether (sulfide) groups is 1. The molecule has 0 N–H and O–H groups in total. The number of pyridine rings is 1. The number of carbonyl (C=O) groups is 1. The molecule has 8 nitrogen and oxygen atoms in total. The Hall–Kier alpha value is -2.24. The van der Waals surface area contributed by atoms with Crippen molar-refractivity contribution in [1.82, 2.24) is 14.3 Å². The molecule has 3 saturated heterocycles. The molecule has 2 aromatic heterocycles. The van der Waals surface area contributed by atoms with Gasteiger partial charge >= 0.3 is 0 Å². The maximum atomic E-state index is 13.3. The van der Waals surface area contributed by atoms with E-state index in [1.165, 1.54) is 9.30 Å². The summed E-state index contributed by atoms with van der Waals surface area (Å²) in [6.07, 6.45) is 5.65. The molecule has 0 aliphatic carbocycles. The largest absolute Gasteiger partial charge is 0.356 e. The fraction of sp³-hybridized carbons (Fsp3) is 0.400. The number of sulfone groups is 1. The molecular formula is C20H20N4O4S3. The van der Waals surface area contributed by atoms with Gasteiger partial charge in [-0.2, -0.15) is 0 Å². The van der Waals surface area contributed by atoms with Gasteiger partial charge in [-0.25, -0.2) is 13.4 Å². The molecule has 1 unspecified atom stereocenters. The molecule has 2 aromatic rings. The number of anilines is 1. The number of hydrogen-bond acceptors (Lipinski definition) is 8. The summed E-state index contributed by atoms with van der Waals surface area (Å²) >= 11 is 6.50. The minimum absolute atomic E-state index is 0.0584. The van der Waals surface area contributed by atoms with Crippen molar-refractivity contribution in [2.24, 2.45) is 0 Å². The lowest BCUT2D eigenvalue weighted by Crippen LogP contribution is -2.39. The zero-order valence-corrected chi connectivity index (χ0v) is 19.0. The van der Waals surface area contributed by atoms with E-state index in [1.807, 2.05) is 6.07 Å². The number of amides is 1. The molecule has 1 atom stereocenters. The van der Waals surface area contributed by atoms with E-state index in [1.54, 1.807) is 24.4 Å². The Morgan fingerprint density at radius 3 is 2.68 bits per heavy atom. The van der Waals surface area contributed by atoms with E-state index in [2.05, 4.69) is 4.90 Å². The van der Waals surface area contributed by atoms with Crippen molar-refractivity contribution in [3.8, 4) is 0 Å². The van der Waals surface area contributed by atoms with E-state index < -0.39 is 15.9 Å². The van der Waals surface area contributed by atoms with Crippen molar-refractivity contribution < 1.29 is 13.2 Å². The average Bonchev–Trinajstić information content (AvgIpc) is 3.44. The Labute approximate surface area is 188 Å². The summed E-state index contributed by atoms with van der Waals surface area (Å²) in [5.74, 6) is 0.207. The Morgan fingerprint density at radius 2 is 1.97 bits per heavy atom. The summed E-state index contributed by atoms with van der Waals surface area (Å²) < 4.78 is 25.6. The highest BCUT2D eigenvalue weighted by atomic mass is 32.2. The van der Waals surface area contributed by atoms with E-state index >= 15 is 0 Å². The molecule has 0 aromatic carbocycles. The van der Waals surface area contributed by atoms with Gasteiger partial charge in [0.25, 0.3) is 11.5 Å². The van der Waals surface area contributed by atoms with Crippen LogP contribution in [0, 0.1) is 0 Å². The van der Waals surface area contributed by atoms with Gasteiger partial charge in [0.1, 0.15) is 15.8 Å². The molecule has 0 spiro atoms. The van der Waals surface area contributed by atoms with Crippen molar-refractivity contribution in [2.45, 2.75) is 25.3 Å². The molecule has 5 rings (SSSR count). The fourth-order valence-electron chi connectivity index (χ4n) is 4.29. The Balaban J connectivity index is 1.59. The summed E-state index contributed by atoms with van der Waals surface area (Å²) in [5, 5.41) is 0. The molecule has 3 aliphatic heterocycles. The van der Waals surface area contributed by atoms with Crippen LogP contribution in [0.25, 0.3) is 11.7 Å². The molecule has 31 heavy (non-hydrogen) atoms. The zero-order chi connectivity index (χ0) is 21.8. The van der Waals surface area contributed by atoms with Gasteiger partial charge in [0.2, 0.25) is 0 Å². The third-order valence-electron chi connectivity index (χ3n) is 5.83. The van der Waals surface area contributed by atoms with Crippen LogP contribution in [-0.4, -0.2) is 63.6 Å². The molecular weight excluding hydrogens is 456 g/mol. The van der Waals surface area contributed by atoms with E-state index in [0.29, 0.717) is 32.7 Å². The summed E-state index contributed by atoms with van der Waals surface area (Å²) in [5.41, 5.74) is 0.654. The number of hydrogen-bond donors (Lipinski definition) is 0. The van der Waals surface area contributed by atoms with Gasteiger partial charge in [0.15, 0.2) is 9.84 Å². The molecule has 0 bridgehead atoms. The molecule has 1 amide bonds. The van der Waals surface area contributed by atoms with Crippen LogP contribution < -0.4 is 10.5 Å². The standard InChI is InChI=1S/C20H20N4O4S3/c25-18-14(17(22-7-3-4-8-22)21-16-5-1-2-9-23(16)18)11-15-19(26)24(20(29)30-15)13-6-10-31(27,28)12-13/h1-2,5,9,11,13H,3-4,6-8,10,12H2. The first-order valence-electron chi connectivity index (χ1n) is 10.1. The Bertz CT molecular complexity index is 1300. The van der Waals surface area contributed by atoms with Crippen LogP contribution in [0.1, 0.15) is 24.8 Å². The van der Waals surface area contributed by atoms with Crippen LogP contribution in [0.15, 0.2) is 34.1 Å². The minimum atomic E-state index is -3.16. The predicted molar refractivity (Wildman–Crippen MR) is 125 cm³/mol. The second-order valence-corrected chi connectivity index (χ2v) is 11.8. The minimum Gasteiger partial charge on any atom is -0.356 e. The highest BCUT2D eigenvalue weighted by Crippen LogP contribution is 2.37. The Kier molecular flexibility index (Phi) is 5.14. The van der Waals surface area contributed by atoms with Crippen molar-refractivity contribution in [1.29, 1.82) is 0 Å². The highest BCUT2D eigenvalue weighted by molar-refractivity contribution is 8.26. The molecule has 0 saturated carbocycles. The molecule has 3 aliphatic rings. The lowest BCUT2D eigenvalue weighted by molar-refractivity contribution is -0.123. The van der Waals surface area contributed by atoms with E-state index in [0.717, 1.165) is 37.7 Å². The van der Waals surface area contributed by atoms with Gasteiger partial charge in [-0.1, -0.05) is 30.0 Å². The summed E-state index contributed by atoms with van der Waals surface area (Å²) in [6.45, 7) is 1.61. The number of rotatable bonds is 3. The maximum Gasteiger partial charge on any atom is 0.267 e. The van der Waals surface area contributed by atoms with Crippen molar-refractivity contribution in [3.05, 3.63) is 45.2 Å². The number of fused-ring (bicyclic) bond motifs is 1. The van der Waals surface area contributed by atoms with Crippen LogP contribution in [0.3, 0.4) is 0 Å². The number of thiocarbonyl (C=S) groups is 1. The number of carbonyl (C=O) groups excluding carboxylic acids is 1. The molecule has 3 fully saturated rings. The average molecular weight is 477 g/mol. The van der Waals surface area contributed by atoms with E-state index in [4.69, 9.17) is 17.2 Å². The molecule has 5 heterocycles. The van der Waals surface area contributed by atoms with Gasteiger partial charge in [0, 0.05) is 19.3 Å². The molecule has 11 heteroatoms. The molecule has 162 valence electrons. The first-order valence-corrected chi connectivity index (χ1v) is 13.1. The van der Waals surface area contributed by atoms with Crippen molar-refractivity contribution >= 4 is 61.6 Å². The lowest BCUT2D eigenvalue weighted by atomic mass is 10.2. The van der Waals surface area contributed by atoms with Gasteiger partial charge in [-0.15, -0.1) is 0 Å². The van der Waals surface area contributed by atoms with Crippen LogP contribution in [-0.2, 0) is 14.6 Å². The first kappa shape index (κ1) is 20.7. The lowest BCUT2D eigenvalue weighted by Gasteiger charge is -2.21. The summed E-state index contributed by atoms with van der Waals surface area (Å²) in [6, 6.07) is 4.92. The third kappa shape index (κ3) is 3.68. The van der Waals surface area contributed by atoms with E-state index in [9.17, 15) is 18.0 Å². The monoisotopic (exact) mass is 476 g/mol. The van der Waals surface area contributed by atoms with Crippen molar-refractivity contribution in [2.75, 3.05) is 29.5 Å². The summed E-state index contributed by atoms with van der Waals surface area (Å²) in [7, 11) is -3.16. The molecule has 0 radical (unpaired) electrons. The summed E-state index contributed by atoms with van der Waals surface area (Å²) in [4.78, 5) is 35.0. The quantitative estimate of drug-likeness (QED) is 0.488. The van der Waals surface area contributed by atoms with Gasteiger partial charge < -0.3 is 4.90 Å². The smallest absolute Gasteiger partial charge is 0.267 e. The Morgan fingerprint density at radius 1 is 1.19 bits per heavy atom. The number of nitrogens with zero attached hydrogens (tertiary/aromatic N) is 4. The second kappa shape index (κ2) is 7.72. The normalized spacial score (nSPS) is 24.8. The van der Waals surface area contributed by atoms with Gasteiger partial charge in [-0.3, -0.25) is 18.9 Å². The number of aromatic nitrogens is 2. The van der Waals surface area contributed by atoms with Crippen LogP contribution in [0.5, 0.6) is 0 Å². The predicted octanol–water partition coefficient (Wildman–Crippen LogP) is 1.68. The first-order chi connectivity index (χ1) is 14.8. The highest BCUT2D eigenvalue weighted by Gasteiger charge is 2.42. The van der Waals surface area contributed by atoms with Crippen LogP contribution in [0.2, 0.25) is 0 Å². The van der Waals surface area contributed by atoms with E-state index in [-0.39, 0.29) is 23.0 Å². The fourth-order valence-corrected chi connectivity index (χ4v) is 7.37. The van der Waals surface area contributed by atoms with Crippen LogP contribution >= 0.6 is 24.0 Å². The third-order valence-corrected chi connectivity index (χ3v) is 8.91. The second-order valence-electron chi connectivity index (χ2n) is 7.89. The maximum absolute atomic E-state index is 13.3. The van der Waals surface area contributed by atoms with Gasteiger partial charge in [0.05, 0.1) is 28.0 Å². The SMILES string of the molecule is O=C1C(=Cc2c(N3CCCC3)nc3ccccn3c2=O)SC(=S)N1C1CCS(=O)(=O)C1.